The first-order chi connectivity index (χ1) is 21.6. The second-order valence-corrected chi connectivity index (χ2v) is 16.8. The zero-order chi connectivity index (χ0) is 35.2. The Balaban J connectivity index is 1.50. The van der Waals surface area contributed by atoms with Crippen molar-refractivity contribution in [3.8, 4) is 0 Å². The van der Waals surface area contributed by atoms with Crippen LogP contribution in [0, 0.1) is 39.4 Å². The summed E-state index contributed by atoms with van der Waals surface area (Å²) in [5.74, 6) is -1.94. The molecule has 0 aromatic heterocycles. The number of allylic oxidation sites excluding steroid dienone is 2. The van der Waals surface area contributed by atoms with Crippen LogP contribution >= 0.6 is 0 Å². The Kier molecular flexibility index (Phi) is 9.42. The molecule has 11 nitrogen and oxygen atoms in total. The zero-order valence-corrected chi connectivity index (χ0v) is 28.8. The summed E-state index contributed by atoms with van der Waals surface area (Å²) in [5.41, 5.74) is -3.45. The van der Waals surface area contributed by atoms with E-state index in [1.807, 2.05) is 34.6 Å². The van der Waals surface area contributed by atoms with Gasteiger partial charge in [0.1, 0.15) is 35.8 Å². The molecule has 266 valence electrons. The number of ketones is 2. The van der Waals surface area contributed by atoms with E-state index in [0.717, 1.165) is 11.1 Å². The smallest absolute Gasteiger partial charge is 0.187 e. The molecule has 0 aromatic carbocycles. The Labute approximate surface area is 277 Å². The molecule has 15 atom stereocenters. The normalized spacial score (nSPS) is 48.9. The van der Waals surface area contributed by atoms with Gasteiger partial charge in [0, 0.05) is 29.6 Å². The number of ether oxygens (including phenoxy) is 2. The standard InChI is InChI=1S/C36H56O11/c1-17(2)9-12-24(39)36(8,45)29-20(38)14-33(5)23-11-10-18-19(35(23,7)25(40)15-34(29,33)6)13-21(30(44)32(18,3)4)46-31-28(43)27(42)26(41)22(16-37)47-31/h10,19-23,26-31,37-38,41-45H,1,9,11-16H2,2-8H3. The average molecular weight is 665 g/mol. The summed E-state index contributed by atoms with van der Waals surface area (Å²) in [6, 6.07) is 0. The van der Waals surface area contributed by atoms with Crippen LogP contribution in [0.15, 0.2) is 23.8 Å². The maximum Gasteiger partial charge on any atom is 0.187 e. The maximum atomic E-state index is 14.7. The van der Waals surface area contributed by atoms with Gasteiger partial charge in [-0.2, -0.15) is 0 Å². The number of carbonyl (C=O) groups excluding carboxylic acids is 2. The van der Waals surface area contributed by atoms with E-state index in [0.29, 0.717) is 19.3 Å². The fourth-order valence-electron chi connectivity index (χ4n) is 10.8. The molecule has 11 heteroatoms. The number of hydrogen-bond acceptors (Lipinski definition) is 11. The number of Topliss-reactive ketones (excluding diaryl/α,β-unsaturated/α-hetero) is 2. The van der Waals surface area contributed by atoms with Crippen LogP contribution in [0.1, 0.15) is 87.0 Å². The predicted octanol–water partition coefficient (Wildman–Crippen LogP) is 1.57. The molecule has 4 fully saturated rings. The molecule has 1 heterocycles. The second-order valence-electron chi connectivity index (χ2n) is 16.8. The van der Waals surface area contributed by atoms with E-state index in [2.05, 4.69) is 19.6 Å². The van der Waals surface area contributed by atoms with Crippen molar-refractivity contribution < 1.29 is 54.8 Å². The molecular weight excluding hydrogens is 608 g/mol. The molecule has 4 aliphatic carbocycles. The Hall–Kier alpha value is -1.54. The van der Waals surface area contributed by atoms with Crippen LogP contribution in [0.2, 0.25) is 0 Å². The van der Waals surface area contributed by atoms with Gasteiger partial charge in [-0.3, -0.25) is 9.59 Å². The monoisotopic (exact) mass is 664 g/mol. The Morgan fingerprint density at radius 2 is 1.68 bits per heavy atom. The van der Waals surface area contributed by atoms with Crippen molar-refractivity contribution in [2.45, 2.75) is 142 Å². The minimum Gasteiger partial charge on any atom is -0.394 e. The van der Waals surface area contributed by atoms with E-state index in [4.69, 9.17) is 9.47 Å². The van der Waals surface area contributed by atoms with Crippen molar-refractivity contribution in [1.82, 2.24) is 0 Å². The van der Waals surface area contributed by atoms with Gasteiger partial charge >= 0.3 is 0 Å². The summed E-state index contributed by atoms with van der Waals surface area (Å²) in [5, 5.41) is 76.1. The third kappa shape index (κ3) is 5.26. The van der Waals surface area contributed by atoms with Crippen LogP contribution in [0.25, 0.3) is 0 Å². The maximum absolute atomic E-state index is 14.7. The lowest BCUT2D eigenvalue weighted by Gasteiger charge is -2.65. The number of aliphatic hydroxyl groups excluding tert-OH is 6. The predicted molar refractivity (Wildman–Crippen MR) is 170 cm³/mol. The molecule has 15 unspecified atom stereocenters. The van der Waals surface area contributed by atoms with E-state index in [1.165, 1.54) is 6.92 Å². The highest BCUT2D eigenvalue weighted by atomic mass is 16.7. The van der Waals surface area contributed by atoms with Crippen molar-refractivity contribution >= 4 is 11.6 Å². The summed E-state index contributed by atoms with van der Waals surface area (Å²) in [7, 11) is 0. The molecule has 1 saturated heterocycles. The molecule has 3 saturated carbocycles. The summed E-state index contributed by atoms with van der Waals surface area (Å²) >= 11 is 0. The Morgan fingerprint density at radius 3 is 2.28 bits per heavy atom. The Morgan fingerprint density at radius 1 is 1.04 bits per heavy atom. The van der Waals surface area contributed by atoms with Crippen LogP contribution in [0.3, 0.4) is 0 Å². The van der Waals surface area contributed by atoms with E-state index >= 15 is 0 Å². The molecule has 47 heavy (non-hydrogen) atoms. The van der Waals surface area contributed by atoms with Gasteiger partial charge in [0.05, 0.1) is 24.9 Å². The molecule has 0 bridgehead atoms. The zero-order valence-electron chi connectivity index (χ0n) is 28.8. The summed E-state index contributed by atoms with van der Waals surface area (Å²) < 4.78 is 11.8. The van der Waals surface area contributed by atoms with Crippen LogP contribution in [-0.2, 0) is 19.1 Å². The van der Waals surface area contributed by atoms with Gasteiger partial charge in [-0.05, 0) is 62.2 Å². The highest BCUT2D eigenvalue weighted by Gasteiger charge is 2.74. The van der Waals surface area contributed by atoms with Gasteiger partial charge in [0.2, 0.25) is 0 Å². The fourth-order valence-corrected chi connectivity index (χ4v) is 10.8. The van der Waals surface area contributed by atoms with Crippen molar-refractivity contribution in [1.29, 1.82) is 0 Å². The molecule has 7 N–H and O–H groups in total. The van der Waals surface area contributed by atoms with Crippen molar-refractivity contribution in [3.05, 3.63) is 23.8 Å². The lowest BCUT2D eigenvalue weighted by atomic mass is 9.38. The minimum absolute atomic E-state index is 0.0406. The van der Waals surface area contributed by atoms with Gasteiger partial charge in [-0.25, -0.2) is 0 Å². The number of carbonyl (C=O) groups is 2. The van der Waals surface area contributed by atoms with E-state index in [-0.39, 0.29) is 36.7 Å². The fraction of sp³-hybridized carbons (Fsp3) is 0.833. The molecule has 1 aliphatic heterocycles. The van der Waals surface area contributed by atoms with E-state index in [1.54, 1.807) is 0 Å². The van der Waals surface area contributed by atoms with Crippen LogP contribution in [-0.4, -0.2) is 109 Å². The van der Waals surface area contributed by atoms with Gasteiger partial charge < -0.3 is 45.2 Å². The number of aliphatic hydroxyl groups is 7. The SMILES string of the molecule is C=C(C)CCC(=O)C(C)(O)C1C(O)CC2(C)C3CC=C4C(CC(OC5OC(CO)C(O)C(O)C5O)C(O)C4(C)C)C3(C)C(=O)CC12C. The molecule has 5 aliphatic rings. The van der Waals surface area contributed by atoms with E-state index < -0.39 is 94.7 Å². The summed E-state index contributed by atoms with van der Waals surface area (Å²) in [4.78, 5) is 28.2. The lowest BCUT2D eigenvalue weighted by molar-refractivity contribution is -0.323. The summed E-state index contributed by atoms with van der Waals surface area (Å²) in [6.07, 6.45) is -6.82. The molecule has 0 spiro atoms. The molecule has 0 radical (unpaired) electrons. The Bertz CT molecular complexity index is 1310. The molecule has 0 aromatic rings. The topological polar surface area (TPSA) is 194 Å². The largest absolute Gasteiger partial charge is 0.394 e. The van der Waals surface area contributed by atoms with E-state index in [9.17, 15) is 45.3 Å². The quantitative estimate of drug-likeness (QED) is 0.186. The van der Waals surface area contributed by atoms with Gasteiger partial charge in [-0.1, -0.05) is 51.8 Å². The van der Waals surface area contributed by atoms with Crippen LogP contribution in [0.5, 0.6) is 0 Å². The van der Waals surface area contributed by atoms with Crippen molar-refractivity contribution in [2.75, 3.05) is 6.61 Å². The third-order valence-electron chi connectivity index (χ3n) is 13.7. The average Bonchev–Trinajstić information content (AvgIpc) is 3.19. The third-order valence-corrected chi connectivity index (χ3v) is 13.7. The number of hydrogen-bond donors (Lipinski definition) is 7. The minimum atomic E-state index is -1.85. The van der Waals surface area contributed by atoms with Crippen LogP contribution in [0.4, 0.5) is 0 Å². The van der Waals surface area contributed by atoms with Gasteiger partial charge in [-0.15, -0.1) is 6.58 Å². The van der Waals surface area contributed by atoms with Crippen molar-refractivity contribution in [2.24, 2.45) is 39.4 Å². The van der Waals surface area contributed by atoms with Crippen LogP contribution < -0.4 is 0 Å². The molecular formula is C36H56O11. The first kappa shape index (κ1) is 36.7. The number of fused-ring (bicyclic) bond motifs is 5. The first-order valence-corrected chi connectivity index (χ1v) is 17.1. The molecule has 5 rings (SSSR count). The van der Waals surface area contributed by atoms with Gasteiger partial charge in [0.25, 0.3) is 0 Å². The van der Waals surface area contributed by atoms with Crippen molar-refractivity contribution in [3.63, 3.8) is 0 Å². The highest BCUT2D eigenvalue weighted by molar-refractivity contribution is 5.90. The highest BCUT2D eigenvalue weighted by Crippen LogP contribution is 2.74. The van der Waals surface area contributed by atoms with Gasteiger partial charge in [0.15, 0.2) is 12.1 Å². The first-order valence-electron chi connectivity index (χ1n) is 17.1. The second kappa shape index (κ2) is 12.1. The lowest BCUT2D eigenvalue weighted by Crippen LogP contribution is -2.66. The number of rotatable bonds is 8. The molecule has 0 amide bonds. The summed E-state index contributed by atoms with van der Waals surface area (Å²) in [6.45, 7) is 16.3.